The number of rotatable bonds is 3. The van der Waals surface area contributed by atoms with Gasteiger partial charge >= 0.3 is 6.03 Å². The molecule has 0 spiro atoms. The number of nitrogens with zero attached hydrogens (tertiary/aromatic N) is 1. The molecule has 2 amide bonds. The van der Waals surface area contributed by atoms with Gasteiger partial charge in [-0.2, -0.15) is 0 Å². The van der Waals surface area contributed by atoms with E-state index in [2.05, 4.69) is 5.32 Å². The Morgan fingerprint density at radius 3 is 3.09 bits per heavy atom. The predicted molar refractivity (Wildman–Crippen MR) is 39.3 cm³/mol. The summed E-state index contributed by atoms with van der Waals surface area (Å²) in [4.78, 5) is 12.8. The van der Waals surface area contributed by atoms with Gasteiger partial charge in [0.1, 0.15) is 0 Å². The van der Waals surface area contributed by atoms with Crippen LogP contribution in [0.25, 0.3) is 0 Å². The van der Waals surface area contributed by atoms with Crippen molar-refractivity contribution in [1.29, 1.82) is 0 Å². The SMILES string of the molecule is O=C1NCCN1CCC1CO1. The number of urea groups is 1. The molecular weight excluding hydrogens is 144 g/mol. The molecule has 2 heterocycles. The fraction of sp³-hybridized carbons (Fsp3) is 0.857. The molecule has 62 valence electrons. The number of hydrogen-bond donors (Lipinski definition) is 1. The van der Waals surface area contributed by atoms with Crippen molar-refractivity contribution in [2.45, 2.75) is 12.5 Å². The smallest absolute Gasteiger partial charge is 0.317 e. The Labute approximate surface area is 65.5 Å². The number of carbonyl (C=O) groups is 1. The van der Waals surface area contributed by atoms with E-state index in [1.54, 1.807) is 0 Å². The summed E-state index contributed by atoms with van der Waals surface area (Å²) in [6.07, 6.45) is 1.43. The molecular formula is C7H12N2O2. The third-order valence-electron chi connectivity index (χ3n) is 2.07. The maximum absolute atomic E-state index is 11.0. The van der Waals surface area contributed by atoms with Gasteiger partial charge in [0, 0.05) is 19.6 Å². The van der Waals surface area contributed by atoms with Crippen molar-refractivity contribution in [3.05, 3.63) is 0 Å². The lowest BCUT2D eigenvalue weighted by Crippen LogP contribution is -2.29. The van der Waals surface area contributed by atoms with Gasteiger partial charge in [0.05, 0.1) is 12.7 Å². The lowest BCUT2D eigenvalue weighted by atomic mass is 10.3. The van der Waals surface area contributed by atoms with E-state index < -0.39 is 0 Å². The summed E-state index contributed by atoms with van der Waals surface area (Å²) >= 11 is 0. The topological polar surface area (TPSA) is 44.9 Å². The second kappa shape index (κ2) is 2.70. The molecule has 1 unspecified atom stereocenters. The van der Waals surface area contributed by atoms with Crippen molar-refractivity contribution in [3.8, 4) is 0 Å². The van der Waals surface area contributed by atoms with Crippen LogP contribution in [0.15, 0.2) is 0 Å². The van der Waals surface area contributed by atoms with Crippen molar-refractivity contribution in [3.63, 3.8) is 0 Å². The predicted octanol–water partition coefficient (Wildman–Crippen LogP) is -0.200. The van der Waals surface area contributed by atoms with Crippen molar-refractivity contribution in [2.75, 3.05) is 26.2 Å². The Balaban J connectivity index is 1.71. The van der Waals surface area contributed by atoms with E-state index in [0.29, 0.717) is 6.10 Å². The summed E-state index contributed by atoms with van der Waals surface area (Å²) in [6.45, 7) is 3.38. The normalized spacial score (nSPS) is 28.9. The number of nitrogens with one attached hydrogen (secondary N) is 1. The number of epoxide rings is 1. The summed E-state index contributed by atoms with van der Waals surface area (Å²) in [6, 6.07) is 0.0747. The molecule has 2 rings (SSSR count). The van der Waals surface area contributed by atoms with Crippen molar-refractivity contribution in [2.24, 2.45) is 0 Å². The summed E-state index contributed by atoms with van der Waals surface area (Å²) in [5.41, 5.74) is 0. The minimum Gasteiger partial charge on any atom is -0.373 e. The highest BCUT2D eigenvalue weighted by atomic mass is 16.6. The molecule has 0 aliphatic carbocycles. The summed E-state index contributed by atoms with van der Waals surface area (Å²) < 4.78 is 5.05. The van der Waals surface area contributed by atoms with E-state index in [-0.39, 0.29) is 6.03 Å². The molecule has 2 aliphatic rings. The highest BCUT2D eigenvalue weighted by molar-refractivity contribution is 5.76. The van der Waals surface area contributed by atoms with Crippen LogP contribution in [-0.4, -0.2) is 43.3 Å². The molecule has 2 fully saturated rings. The standard InChI is InChI=1S/C7H12N2O2/c10-7-8-2-4-9(7)3-1-6-5-11-6/h6H,1-5H2,(H,8,10). The van der Waals surface area contributed by atoms with E-state index in [0.717, 1.165) is 32.7 Å². The van der Waals surface area contributed by atoms with Crippen molar-refractivity contribution in [1.82, 2.24) is 10.2 Å². The molecule has 0 aromatic heterocycles. The first kappa shape index (κ1) is 6.91. The minimum absolute atomic E-state index is 0.0747. The first-order valence-electron chi connectivity index (χ1n) is 4.00. The second-order valence-electron chi connectivity index (χ2n) is 2.96. The first-order chi connectivity index (χ1) is 5.36. The van der Waals surface area contributed by atoms with Gasteiger partial charge in [-0.15, -0.1) is 0 Å². The summed E-state index contributed by atoms with van der Waals surface area (Å²) in [5.74, 6) is 0. The zero-order valence-electron chi connectivity index (χ0n) is 6.38. The highest BCUT2D eigenvalue weighted by Crippen LogP contribution is 2.14. The molecule has 0 saturated carbocycles. The molecule has 0 bridgehead atoms. The first-order valence-corrected chi connectivity index (χ1v) is 4.00. The third kappa shape index (κ3) is 1.63. The van der Waals surface area contributed by atoms with Crippen LogP contribution >= 0.6 is 0 Å². The van der Waals surface area contributed by atoms with Gasteiger partial charge < -0.3 is 15.0 Å². The number of ether oxygens (including phenoxy) is 1. The monoisotopic (exact) mass is 156 g/mol. The molecule has 4 nitrogen and oxygen atoms in total. The van der Waals surface area contributed by atoms with Gasteiger partial charge in [-0.3, -0.25) is 0 Å². The molecule has 2 saturated heterocycles. The van der Waals surface area contributed by atoms with E-state index in [1.165, 1.54) is 0 Å². The van der Waals surface area contributed by atoms with Crippen molar-refractivity contribution < 1.29 is 9.53 Å². The zero-order chi connectivity index (χ0) is 7.68. The Morgan fingerprint density at radius 2 is 2.55 bits per heavy atom. The highest BCUT2D eigenvalue weighted by Gasteiger charge is 2.25. The zero-order valence-corrected chi connectivity index (χ0v) is 6.38. The number of carbonyl (C=O) groups excluding carboxylic acids is 1. The van der Waals surface area contributed by atoms with Gasteiger partial charge in [-0.1, -0.05) is 0 Å². The molecule has 0 aromatic carbocycles. The van der Waals surface area contributed by atoms with Crippen LogP contribution in [0, 0.1) is 0 Å². The van der Waals surface area contributed by atoms with Gasteiger partial charge in [-0.05, 0) is 6.42 Å². The number of amides is 2. The molecule has 1 atom stereocenters. The average Bonchev–Trinajstić information content (AvgIpc) is 2.73. The van der Waals surface area contributed by atoms with Gasteiger partial charge in [0.15, 0.2) is 0 Å². The van der Waals surface area contributed by atoms with Crippen LogP contribution in [0.1, 0.15) is 6.42 Å². The summed E-state index contributed by atoms with van der Waals surface area (Å²) in [7, 11) is 0. The fourth-order valence-electron chi connectivity index (χ4n) is 1.26. The van der Waals surface area contributed by atoms with Crippen LogP contribution in [0.2, 0.25) is 0 Å². The van der Waals surface area contributed by atoms with Crippen LogP contribution in [0.5, 0.6) is 0 Å². The van der Waals surface area contributed by atoms with Crippen LogP contribution in [0.3, 0.4) is 0 Å². The molecule has 0 radical (unpaired) electrons. The molecule has 11 heavy (non-hydrogen) atoms. The Hall–Kier alpha value is -0.770. The lowest BCUT2D eigenvalue weighted by Gasteiger charge is -2.11. The van der Waals surface area contributed by atoms with Gasteiger partial charge in [0.2, 0.25) is 0 Å². The second-order valence-corrected chi connectivity index (χ2v) is 2.96. The molecule has 2 aliphatic heterocycles. The van der Waals surface area contributed by atoms with Crippen molar-refractivity contribution >= 4 is 6.03 Å². The maximum atomic E-state index is 11.0. The Kier molecular flexibility index (Phi) is 1.69. The summed E-state index contributed by atoms with van der Waals surface area (Å²) in [5, 5.41) is 2.76. The van der Waals surface area contributed by atoms with E-state index in [4.69, 9.17) is 4.74 Å². The molecule has 1 N–H and O–H groups in total. The Bertz CT molecular complexity index is 168. The van der Waals surface area contributed by atoms with E-state index >= 15 is 0 Å². The van der Waals surface area contributed by atoms with Crippen LogP contribution < -0.4 is 5.32 Å². The average molecular weight is 156 g/mol. The van der Waals surface area contributed by atoms with Crippen LogP contribution in [0.4, 0.5) is 4.79 Å². The molecule has 4 heteroatoms. The van der Waals surface area contributed by atoms with Gasteiger partial charge in [-0.25, -0.2) is 4.79 Å². The fourth-order valence-corrected chi connectivity index (χ4v) is 1.26. The van der Waals surface area contributed by atoms with E-state index in [1.807, 2.05) is 4.90 Å². The third-order valence-corrected chi connectivity index (χ3v) is 2.07. The minimum atomic E-state index is 0.0747. The molecule has 0 aromatic rings. The Morgan fingerprint density at radius 1 is 1.73 bits per heavy atom. The lowest BCUT2D eigenvalue weighted by molar-refractivity contribution is 0.215. The largest absolute Gasteiger partial charge is 0.373 e. The quantitative estimate of drug-likeness (QED) is 0.575. The van der Waals surface area contributed by atoms with Crippen LogP contribution in [-0.2, 0) is 4.74 Å². The maximum Gasteiger partial charge on any atom is 0.317 e. The van der Waals surface area contributed by atoms with E-state index in [9.17, 15) is 4.79 Å². The number of hydrogen-bond acceptors (Lipinski definition) is 2. The van der Waals surface area contributed by atoms with Gasteiger partial charge in [0.25, 0.3) is 0 Å².